The molecule has 0 bridgehead atoms. The van der Waals surface area contributed by atoms with Crippen LogP contribution < -0.4 is 11.9 Å². The van der Waals surface area contributed by atoms with E-state index in [4.69, 9.17) is 15.2 Å². The van der Waals surface area contributed by atoms with Crippen LogP contribution in [0.4, 0.5) is 0 Å². The summed E-state index contributed by atoms with van der Waals surface area (Å²) in [5.74, 6) is -2.14. The third kappa shape index (κ3) is 1.99. The lowest BCUT2D eigenvalue weighted by Crippen LogP contribution is -2.45. The van der Waals surface area contributed by atoms with Crippen molar-refractivity contribution in [3.63, 3.8) is 0 Å². The van der Waals surface area contributed by atoms with Crippen LogP contribution in [-0.4, -0.2) is 16.9 Å². The monoisotopic (exact) mass is 216 g/mol. The smallest absolute Gasteiger partial charge is 0.364 e. The number of aliphatic hydroxyl groups is 1. The van der Waals surface area contributed by atoms with E-state index in [1.54, 1.807) is 0 Å². The average molecular weight is 216 g/mol. The number of rotatable bonds is 0. The van der Waals surface area contributed by atoms with Gasteiger partial charge in [-0.25, -0.2) is 4.79 Å². The zero-order chi connectivity index (χ0) is 10.2. The van der Waals surface area contributed by atoms with Crippen LogP contribution in [0.3, 0.4) is 0 Å². The second-order valence-corrected chi connectivity index (χ2v) is 3.68. The molecule has 0 saturated heterocycles. The number of carbonyl (C=O) groups excluding carboxylic acids is 1. The van der Waals surface area contributed by atoms with Crippen molar-refractivity contribution in [2.24, 2.45) is 5.73 Å². The second-order valence-electron chi connectivity index (χ2n) is 3.68. The highest BCUT2D eigenvalue weighted by atomic mass is 16.8. The molecule has 86 valence electrons. The number of esters is 1. The molecule has 1 heterocycles. The van der Waals surface area contributed by atoms with Crippen LogP contribution in [0, 0.1) is 0 Å². The van der Waals surface area contributed by atoms with E-state index in [1.807, 2.05) is 0 Å². The van der Waals surface area contributed by atoms with E-state index in [0.29, 0.717) is 12.8 Å². The molecule has 0 unspecified atom stereocenters. The lowest BCUT2D eigenvalue weighted by atomic mass is 9.93. The summed E-state index contributed by atoms with van der Waals surface area (Å²) in [6.45, 7) is 0. The second kappa shape index (κ2) is 3.98. The van der Waals surface area contributed by atoms with Gasteiger partial charge in [-0.1, -0.05) is 6.42 Å². The van der Waals surface area contributed by atoms with Crippen LogP contribution in [0.25, 0.3) is 0 Å². The van der Waals surface area contributed by atoms with Gasteiger partial charge in [-0.15, -0.1) is 0 Å². The largest absolute Gasteiger partial charge is 0.479 e. The molecule has 2 rings (SSSR count). The molecular weight excluding hydrogens is 200 g/mol. The molecule has 0 aromatic carbocycles. The summed E-state index contributed by atoms with van der Waals surface area (Å²) in [5, 5.41) is 9.30. The van der Waals surface area contributed by atoms with Crippen molar-refractivity contribution in [3.05, 3.63) is 11.6 Å². The third-order valence-electron chi connectivity index (χ3n) is 2.63. The molecule has 15 heavy (non-hydrogen) atoms. The zero-order valence-electron chi connectivity index (χ0n) is 8.49. The third-order valence-corrected chi connectivity index (χ3v) is 2.63. The van der Waals surface area contributed by atoms with Crippen LogP contribution >= 0.6 is 0 Å². The SMILES string of the molecule is N.NC1=C(O)OC2(CCCCC2)OC1=O. The van der Waals surface area contributed by atoms with Crippen molar-refractivity contribution >= 4 is 5.97 Å². The summed E-state index contributed by atoms with van der Waals surface area (Å²) in [4.78, 5) is 11.2. The van der Waals surface area contributed by atoms with Crippen molar-refractivity contribution in [3.8, 4) is 0 Å². The highest BCUT2D eigenvalue weighted by Crippen LogP contribution is 2.37. The minimum Gasteiger partial charge on any atom is -0.479 e. The molecule has 2 aliphatic rings. The van der Waals surface area contributed by atoms with Gasteiger partial charge in [0.25, 0.3) is 5.79 Å². The summed E-state index contributed by atoms with van der Waals surface area (Å²) in [6, 6.07) is 0. The maximum absolute atomic E-state index is 11.2. The van der Waals surface area contributed by atoms with Gasteiger partial charge in [0.15, 0.2) is 5.70 Å². The van der Waals surface area contributed by atoms with E-state index in [-0.39, 0.29) is 11.8 Å². The minimum absolute atomic E-state index is 0. The first-order valence-corrected chi connectivity index (χ1v) is 4.74. The number of hydrogen-bond donors (Lipinski definition) is 3. The summed E-state index contributed by atoms with van der Waals surface area (Å²) in [6.07, 6.45) is 4.20. The molecule has 0 amide bonds. The molecule has 0 atom stereocenters. The maximum Gasteiger partial charge on any atom is 0.364 e. The fraction of sp³-hybridized carbons (Fsp3) is 0.667. The Morgan fingerprint density at radius 2 is 1.80 bits per heavy atom. The molecule has 1 spiro atoms. The Morgan fingerprint density at radius 1 is 1.20 bits per heavy atom. The highest BCUT2D eigenvalue weighted by molar-refractivity contribution is 5.88. The van der Waals surface area contributed by atoms with Gasteiger partial charge in [-0.3, -0.25) is 0 Å². The molecule has 0 radical (unpaired) electrons. The summed E-state index contributed by atoms with van der Waals surface area (Å²) >= 11 is 0. The molecule has 0 aromatic heterocycles. The van der Waals surface area contributed by atoms with Gasteiger partial charge >= 0.3 is 11.9 Å². The molecule has 0 aromatic rings. The van der Waals surface area contributed by atoms with E-state index in [2.05, 4.69) is 0 Å². The van der Waals surface area contributed by atoms with Gasteiger partial charge in [0.2, 0.25) is 0 Å². The molecule has 1 fully saturated rings. The van der Waals surface area contributed by atoms with Crippen molar-refractivity contribution in [2.45, 2.75) is 37.9 Å². The van der Waals surface area contributed by atoms with E-state index < -0.39 is 17.7 Å². The van der Waals surface area contributed by atoms with Crippen molar-refractivity contribution in [2.75, 3.05) is 0 Å². The Labute approximate surface area is 87.6 Å². The molecule has 1 aliphatic carbocycles. The van der Waals surface area contributed by atoms with Gasteiger partial charge in [0.05, 0.1) is 0 Å². The number of ether oxygens (including phenoxy) is 2. The fourth-order valence-electron chi connectivity index (χ4n) is 1.86. The van der Waals surface area contributed by atoms with E-state index in [9.17, 15) is 9.90 Å². The van der Waals surface area contributed by atoms with Gasteiger partial charge in [-0.2, -0.15) is 0 Å². The van der Waals surface area contributed by atoms with Crippen LogP contribution in [0.2, 0.25) is 0 Å². The molecule has 6 N–H and O–H groups in total. The molecule has 6 nitrogen and oxygen atoms in total. The first-order chi connectivity index (χ1) is 6.63. The van der Waals surface area contributed by atoms with E-state index >= 15 is 0 Å². The Bertz CT molecular complexity index is 294. The first-order valence-electron chi connectivity index (χ1n) is 4.74. The average Bonchev–Trinajstić information content (AvgIpc) is 2.15. The predicted molar refractivity (Wildman–Crippen MR) is 51.9 cm³/mol. The topological polar surface area (TPSA) is 117 Å². The Hall–Kier alpha value is -1.43. The van der Waals surface area contributed by atoms with Gasteiger partial charge in [-0.05, 0) is 12.8 Å². The van der Waals surface area contributed by atoms with Crippen molar-refractivity contribution in [1.82, 2.24) is 6.15 Å². The standard InChI is InChI=1S/C9H13NO4.H3N/c10-6-7(11)13-9(14-8(6)12)4-2-1-3-5-9;/h11H,1-5,10H2;1H3. The fourth-order valence-corrected chi connectivity index (χ4v) is 1.86. The van der Waals surface area contributed by atoms with Gasteiger partial charge < -0.3 is 26.5 Å². The van der Waals surface area contributed by atoms with Crippen LogP contribution in [0.15, 0.2) is 11.6 Å². The summed E-state index contributed by atoms with van der Waals surface area (Å²) in [7, 11) is 0. The Balaban J connectivity index is 0.00000112. The maximum atomic E-state index is 11.2. The van der Waals surface area contributed by atoms with E-state index in [0.717, 1.165) is 19.3 Å². The quantitative estimate of drug-likeness (QED) is 0.521. The number of carbonyl (C=O) groups is 1. The molecule has 1 aliphatic heterocycles. The number of nitrogens with two attached hydrogens (primary N) is 1. The van der Waals surface area contributed by atoms with Crippen LogP contribution in [0.1, 0.15) is 32.1 Å². The summed E-state index contributed by atoms with van der Waals surface area (Å²) < 4.78 is 10.3. The van der Waals surface area contributed by atoms with Crippen molar-refractivity contribution < 1.29 is 19.4 Å². The predicted octanol–water partition coefficient (Wildman–Crippen LogP) is 1.07. The van der Waals surface area contributed by atoms with E-state index in [1.165, 1.54) is 0 Å². The zero-order valence-corrected chi connectivity index (χ0v) is 8.49. The minimum atomic E-state index is -0.956. The Morgan fingerprint density at radius 3 is 2.33 bits per heavy atom. The Kier molecular flexibility index (Phi) is 3.09. The first kappa shape index (κ1) is 11.6. The van der Waals surface area contributed by atoms with Crippen molar-refractivity contribution in [1.29, 1.82) is 0 Å². The lowest BCUT2D eigenvalue weighted by Gasteiger charge is -2.38. The molecule has 1 saturated carbocycles. The molecular formula is C9H16N2O4. The normalized spacial score (nSPS) is 24.1. The number of aliphatic hydroxyl groups excluding tert-OH is 1. The summed E-state index contributed by atoms with van der Waals surface area (Å²) in [5.41, 5.74) is 4.90. The van der Waals surface area contributed by atoms with Crippen LogP contribution in [-0.2, 0) is 14.3 Å². The lowest BCUT2D eigenvalue weighted by molar-refractivity contribution is -0.249. The van der Waals surface area contributed by atoms with Crippen LogP contribution in [0.5, 0.6) is 0 Å². The molecule has 6 heteroatoms. The van der Waals surface area contributed by atoms with Gasteiger partial charge in [0.1, 0.15) is 0 Å². The number of hydrogen-bond acceptors (Lipinski definition) is 6. The highest BCUT2D eigenvalue weighted by Gasteiger charge is 2.44. The van der Waals surface area contributed by atoms with Gasteiger partial charge in [0, 0.05) is 12.8 Å².